The summed E-state index contributed by atoms with van der Waals surface area (Å²) in [4.78, 5) is 16.4. The lowest BCUT2D eigenvalue weighted by molar-refractivity contribution is -0.121. The first kappa shape index (κ1) is 20.7. The molecule has 0 aliphatic carbocycles. The molecule has 0 fully saturated rings. The molecule has 160 valence electrons. The van der Waals surface area contributed by atoms with Gasteiger partial charge in [0, 0.05) is 31.6 Å². The molecule has 0 unspecified atom stereocenters. The molecule has 0 bridgehead atoms. The summed E-state index contributed by atoms with van der Waals surface area (Å²) in [6.07, 6.45) is 3.49. The summed E-state index contributed by atoms with van der Waals surface area (Å²) in [5.74, 6) is 2.03. The van der Waals surface area contributed by atoms with Gasteiger partial charge in [-0.15, -0.1) is 0 Å². The van der Waals surface area contributed by atoms with Gasteiger partial charge in [-0.25, -0.2) is 9.37 Å². The first-order valence-corrected chi connectivity index (χ1v) is 10.2. The highest BCUT2D eigenvalue weighted by molar-refractivity contribution is 5.76. The lowest BCUT2D eigenvalue weighted by Gasteiger charge is -2.10. The van der Waals surface area contributed by atoms with E-state index in [1.165, 1.54) is 24.3 Å². The van der Waals surface area contributed by atoms with Gasteiger partial charge in [0.2, 0.25) is 11.8 Å². The predicted molar refractivity (Wildman–Crippen MR) is 113 cm³/mol. The van der Waals surface area contributed by atoms with E-state index in [1.807, 2.05) is 24.3 Å². The number of carbonyl (C=O) groups excluding carboxylic acids is 1. The SMILES string of the molecule is O=C(CCc1ccc2c(c1)OCCCO2)NCc1ccc(Oc2ccc(F)cc2)nc1. The third-order valence-corrected chi connectivity index (χ3v) is 4.78. The summed E-state index contributed by atoms with van der Waals surface area (Å²) in [6.45, 7) is 1.67. The summed E-state index contributed by atoms with van der Waals surface area (Å²) in [6, 6.07) is 15.1. The lowest BCUT2D eigenvalue weighted by Crippen LogP contribution is -2.23. The number of nitrogens with one attached hydrogen (secondary N) is 1. The zero-order valence-corrected chi connectivity index (χ0v) is 17.0. The largest absolute Gasteiger partial charge is 0.490 e. The highest BCUT2D eigenvalue weighted by Crippen LogP contribution is 2.30. The Morgan fingerprint density at radius 2 is 1.77 bits per heavy atom. The molecule has 1 aliphatic heterocycles. The molecule has 2 aromatic carbocycles. The molecule has 31 heavy (non-hydrogen) atoms. The zero-order chi connectivity index (χ0) is 21.5. The molecule has 0 saturated heterocycles. The van der Waals surface area contributed by atoms with Crippen molar-refractivity contribution in [3.63, 3.8) is 0 Å². The van der Waals surface area contributed by atoms with Crippen molar-refractivity contribution in [3.8, 4) is 23.1 Å². The van der Waals surface area contributed by atoms with E-state index >= 15 is 0 Å². The van der Waals surface area contributed by atoms with Crippen molar-refractivity contribution >= 4 is 5.91 Å². The number of amides is 1. The molecular weight excluding hydrogens is 399 g/mol. The Morgan fingerprint density at radius 3 is 2.55 bits per heavy atom. The lowest BCUT2D eigenvalue weighted by atomic mass is 10.1. The second kappa shape index (κ2) is 9.93. The Balaban J connectivity index is 1.23. The van der Waals surface area contributed by atoms with Gasteiger partial charge < -0.3 is 19.5 Å². The van der Waals surface area contributed by atoms with Gasteiger partial charge in [-0.2, -0.15) is 0 Å². The predicted octanol–water partition coefficient (Wildman–Crippen LogP) is 4.42. The van der Waals surface area contributed by atoms with Crippen LogP contribution in [0.15, 0.2) is 60.8 Å². The van der Waals surface area contributed by atoms with Crippen molar-refractivity contribution in [2.24, 2.45) is 0 Å². The van der Waals surface area contributed by atoms with Crippen molar-refractivity contribution < 1.29 is 23.4 Å². The molecule has 3 aromatic rings. The van der Waals surface area contributed by atoms with E-state index in [4.69, 9.17) is 14.2 Å². The minimum Gasteiger partial charge on any atom is -0.490 e. The molecule has 1 N–H and O–H groups in total. The fourth-order valence-corrected chi connectivity index (χ4v) is 3.11. The first-order valence-electron chi connectivity index (χ1n) is 10.2. The van der Waals surface area contributed by atoms with Gasteiger partial charge in [0.15, 0.2) is 11.5 Å². The molecule has 6 nitrogen and oxygen atoms in total. The van der Waals surface area contributed by atoms with Crippen LogP contribution in [0.3, 0.4) is 0 Å². The van der Waals surface area contributed by atoms with Crippen molar-refractivity contribution in [3.05, 3.63) is 77.7 Å². The van der Waals surface area contributed by atoms with Crippen LogP contribution in [0.1, 0.15) is 24.0 Å². The molecule has 0 spiro atoms. The second-order valence-corrected chi connectivity index (χ2v) is 7.17. The summed E-state index contributed by atoms with van der Waals surface area (Å²) in [5, 5.41) is 2.90. The van der Waals surface area contributed by atoms with Gasteiger partial charge in [0.25, 0.3) is 0 Å². The van der Waals surface area contributed by atoms with Gasteiger partial charge >= 0.3 is 0 Å². The van der Waals surface area contributed by atoms with Crippen LogP contribution in [0, 0.1) is 5.82 Å². The third-order valence-electron chi connectivity index (χ3n) is 4.78. The van der Waals surface area contributed by atoms with E-state index < -0.39 is 0 Å². The van der Waals surface area contributed by atoms with Crippen LogP contribution in [0.5, 0.6) is 23.1 Å². The monoisotopic (exact) mass is 422 g/mol. The Hall–Kier alpha value is -3.61. The standard InChI is InChI=1S/C24H23FN2O4/c25-19-5-7-20(8-6-19)31-24-11-4-18(16-27-24)15-26-23(28)10-3-17-2-9-21-22(14-17)30-13-1-12-29-21/h2,4-9,11,14,16H,1,3,10,12-13,15H2,(H,26,28). The van der Waals surface area contributed by atoms with E-state index in [-0.39, 0.29) is 11.7 Å². The van der Waals surface area contributed by atoms with Crippen LogP contribution < -0.4 is 19.5 Å². The quantitative estimate of drug-likeness (QED) is 0.610. The molecule has 1 aliphatic rings. The number of aryl methyl sites for hydroxylation is 1. The van der Waals surface area contributed by atoms with E-state index in [0.29, 0.717) is 44.2 Å². The topological polar surface area (TPSA) is 69.7 Å². The molecular formula is C24H23FN2O4. The zero-order valence-electron chi connectivity index (χ0n) is 17.0. The maximum absolute atomic E-state index is 12.9. The van der Waals surface area contributed by atoms with Crippen molar-refractivity contribution in [1.29, 1.82) is 0 Å². The van der Waals surface area contributed by atoms with Gasteiger partial charge in [-0.3, -0.25) is 4.79 Å². The van der Waals surface area contributed by atoms with E-state index in [0.717, 1.165) is 29.0 Å². The number of aromatic nitrogens is 1. The number of rotatable bonds is 7. The Kier molecular flexibility index (Phi) is 6.62. The second-order valence-electron chi connectivity index (χ2n) is 7.17. The van der Waals surface area contributed by atoms with Crippen molar-refractivity contribution in [2.75, 3.05) is 13.2 Å². The van der Waals surface area contributed by atoms with E-state index in [9.17, 15) is 9.18 Å². The first-order chi connectivity index (χ1) is 15.2. The van der Waals surface area contributed by atoms with Crippen LogP contribution in [0.4, 0.5) is 4.39 Å². The number of nitrogens with zero attached hydrogens (tertiary/aromatic N) is 1. The fraction of sp³-hybridized carbons (Fsp3) is 0.250. The number of benzene rings is 2. The smallest absolute Gasteiger partial charge is 0.220 e. The van der Waals surface area contributed by atoms with E-state index in [2.05, 4.69) is 10.3 Å². The Bertz CT molecular complexity index is 1020. The average Bonchev–Trinajstić information content (AvgIpc) is 3.04. The number of ether oxygens (including phenoxy) is 3. The number of pyridine rings is 1. The number of halogens is 1. The summed E-state index contributed by atoms with van der Waals surface area (Å²) in [7, 11) is 0. The summed E-state index contributed by atoms with van der Waals surface area (Å²) >= 11 is 0. The fourth-order valence-electron chi connectivity index (χ4n) is 3.11. The normalized spacial score (nSPS) is 12.7. The van der Waals surface area contributed by atoms with Crippen LogP contribution in [0.25, 0.3) is 0 Å². The number of hydrogen-bond donors (Lipinski definition) is 1. The van der Waals surface area contributed by atoms with Crippen LogP contribution in [-0.2, 0) is 17.8 Å². The molecule has 4 rings (SSSR count). The van der Waals surface area contributed by atoms with Gasteiger partial charge in [0.1, 0.15) is 11.6 Å². The van der Waals surface area contributed by atoms with Crippen molar-refractivity contribution in [1.82, 2.24) is 10.3 Å². The number of carbonyl (C=O) groups is 1. The maximum atomic E-state index is 12.9. The number of fused-ring (bicyclic) bond motifs is 1. The molecule has 7 heteroatoms. The number of hydrogen-bond acceptors (Lipinski definition) is 5. The minimum absolute atomic E-state index is 0.0428. The van der Waals surface area contributed by atoms with Gasteiger partial charge in [-0.1, -0.05) is 12.1 Å². The summed E-state index contributed by atoms with van der Waals surface area (Å²) in [5.41, 5.74) is 1.89. The third kappa shape index (κ3) is 5.94. The van der Waals surface area contributed by atoms with Gasteiger partial charge in [0.05, 0.1) is 13.2 Å². The van der Waals surface area contributed by atoms with Crippen LogP contribution in [0.2, 0.25) is 0 Å². The molecule has 2 heterocycles. The maximum Gasteiger partial charge on any atom is 0.220 e. The Labute approximate surface area is 180 Å². The average molecular weight is 422 g/mol. The summed E-state index contributed by atoms with van der Waals surface area (Å²) < 4.78 is 29.8. The van der Waals surface area contributed by atoms with Crippen molar-refractivity contribution in [2.45, 2.75) is 25.8 Å². The molecule has 0 radical (unpaired) electrons. The highest BCUT2D eigenvalue weighted by Gasteiger charge is 2.11. The van der Waals surface area contributed by atoms with Crippen LogP contribution >= 0.6 is 0 Å². The highest BCUT2D eigenvalue weighted by atomic mass is 19.1. The molecule has 0 saturated carbocycles. The Morgan fingerprint density at radius 1 is 1.00 bits per heavy atom. The molecule has 1 aromatic heterocycles. The van der Waals surface area contributed by atoms with Gasteiger partial charge in [-0.05, 0) is 53.9 Å². The van der Waals surface area contributed by atoms with Crippen LogP contribution in [-0.4, -0.2) is 24.1 Å². The minimum atomic E-state index is -0.323. The molecule has 0 atom stereocenters. The van der Waals surface area contributed by atoms with E-state index in [1.54, 1.807) is 12.3 Å². The molecule has 1 amide bonds.